The van der Waals surface area contributed by atoms with Crippen molar-refractivity contribution in [1.29, 1.82) is 0 Å². The quantitative estimate of drug-likeness (QED) is 0.828. The minimum atomic E-state index is 0.271. The number of piperidine rings is 1. The van der Waals surface area contributed by atoms with Crippen LogP contribution < -0.4 is 0 Å². The van der Waals surface area contributed by atoms with Crippen LogP contribution in [0.5, 0.6) is 0 Å². The monoisotopic (exact) mass is 221 g/mol. The Hall–Kier alpha value is -0.800. The van der Waals surface area contributed by atoms with Gasteiger partial charge in [0.2, 0.25) is 0 Å². The van der Waals surface area contributed by atoms with Gasteiger partial charge in [0, 0.05) is 30.5 Å². The summed E-state index contributed by atoms with van der Waals surface area (Å²) < 4.78 is 5.54. The summed E-state index contributed by atoms with van der Waals surface area (Å²) in [7, 11) is 2.20. The standard InChI is InChI=1S/C13H19NO2/c1-14-9-4-5-12(14)11(8-15)10(7-9)13-3-2-6-16-13/h2-3,6,9-12,15H,4-5,7-8H2,1H3/t9?,10-,11+,12?/m1/s1. The summed E-state index contributed by atoms with van der Waals surface area (Å²) in [6, 6.07) is 5.23. The molecule has 2 unspecified atom stereocenters. The molecule has 16 heavy (non-hydrogen) atoms. The van der Waals surface area contributed by atoms with Crippen molar-refractivity contribution in [3.63, 3.8) is 0 Å². The fraction of sp³-hybridized carbons (Fsp3) is 0.692. The molecule has 2 saturated heterocycles. The molecule has 0 aliphatic carbocycles. The summed E-state index contributed by atoms with van der Waals surface area (Å²) in [6.45, 7) is 0.271. The largest absolute Gasteiger partial charge is 0.469 e. The second-order valence-electron chi connectivity index (χ2n) is 5.17. The van der Waals surface area contributed by atoms with E-state index in [0.717, 1.165) is 12.2 Å². The lowest BCUT2D eigenvalue weighted by Gasteiger charge is -2.41. The van der Waals surface area contributed by atoms with Gasteiger partial charge in [0.15, 0.2) is 0 Å². The first-order valence-corrected chi connectivity index (χ1v) is 6.17. The Bertz CT molecular complexity index is 349. The SMILES string of the molecule is CN1C2CCC1[C@@H](CO)[C@H](c1ccco1)C2. The lowest BCUT2D eigenvalue weighted by molar-refractivity contribution is 0.0525. The molecule has 3 heterocycles. The predicted octanol–water partition coefficient (Wildman–Crippen LogP) is 1.84. The van der Waals surface area contributed by atoms with Crippen LogP contribution in [0.1, 0.15) is 30.9 Å². The van der Waals surface area contributed by atoms with Gasteiger partial charge in [-0.3, -0.25) is 0 Å². The van der Waals surface area contributed by atoms with E-state index in [-0.39, 0.29) is 6.61 Å². The summed E-state index contributed by atoms with van der Waals surface area (Å²) >= 11 is 0. The Kier molecular flexibility index (Phi) is 2.52. The molecule has 3 nitrogen and oxygen atoms in total. The van der Waals surface area contributed by atoms with Crippen LogP contribution in [-0.2, 0) is 0 Å². The number of hydrogen-bond donors (Lipinski definition) is 1. The van der Waals surface area contributed by atoms with Gasteiger partial charge in [0.05, 0.1) is 6.26 Å². The molecule has 2 bridgehead atoms. The zero-order valence-corrected chi connectivity index (χ0v) is 9.67. The van der Waals surface area contributed by atoms with E-state index in [2.05, 4.69) is 18.0 Å². The summed E-state index contributed by atoms with van der Waals surface area (Å²) in [5.41, 5.74) is 0. The van der Waals surface area contributed by atoms with Crippen molar-refractivity contribution in [2.45, 2.75) is 37.3 Å². The van der Waals surface area contributed by atoms with E-state index >= 15 is 0 Å². The Morgan fingerprint density at radius 1 is 1.50 bits per heavy atom. The number of aliphatic hydroxyl groups is 1. The highest BCUT2D eigenvalue weighted by Gasteiger charge is 2.46. The van der Waals surface area contributed by atoms with E-state index in [1.807, 2.05) is 6.07 Å². The molecule has 1 aromatic heterocycles. The number of aliphatic hydroxyl groups excluding tert-OH is 1. The van der Waals surface area contributed by atoms with E-state index in [1.165, 1.54) is 12.8 Å². The zero-order valence-electron chi connectivity index (χ0n) is 9.67. The van der Waals surface area contributed by atoms with Gasteiger partial charge in [0.25, 0.3) is 0 Å². The smallest absolute Gasteiger partial charge is 0.107 e. The molecule has 1 aromatic rings. The molecular formula is C13H19NO2. The Labute approximate surface area is 96.1 Å². The molecule has 2 aliphatic rings. The average Bonchev–Trinajstić information content (AvgIpc) is 2.87. The molecule has 0 radical (unpaired) electrons. The Morgan fingerprint density at radius 2 is 2.38 bits per heavy atom. The molecule has 1 N–H and O–H groups in total. The van der Waals surface area contributed by atoms with Crippen molar-refractivity contribution in [3.05, 3.63) is 24.2 Å². The van der Waals surface area contributed by atoms with E-state index in [0.29, 0.717) is 23.9 Å². The summed E-state index contributed by atoms with van der Waals surface area (Å²) in [4.78, 5) is 2.46. The molecular weight excluding hydrogens is 202 g/mol. The highest BCUT2D eigenvalue weighted by molar-refractivity contribution is 5.13. The molecule has 3 heteroatoms. The molecule has 3 rings (SSSR count). The zero-order chi connectivity index (χ0) is 11.1. The Morgan fingerprint density at radius 3 is 3.06 bits per heavy atom. The van der Waals surface area contributed by atoms with Crippen LogP contribution in [0, 0.1) is 5.92 Å². The second-order valence-corrected chi connectivity index (χ2v) is 5.17. The van der Waals surface area contributed by atoms with Crippen LogP contribution in [-0.4, -0.2) is 35.7 Å². The van der Waals surface area contributed by atoms with E-state index in [1.54, 1.807) is 6.26 Å². The number of fused-ring (bicyclic) bond motifs is 2. The minimum Gasteiger partial charge on any atom is -0.469 e. The summed E-state index contributed by atoms with van der Waals surface area (Å²) in [5, 5.41) is 9.63. The van der Waals surface area contributed by atoms with Crippen molar-refractivity contribution in [2.75, 3.05) is 13.7 Å². The predicted molar refractivity (Wildman–Crippen MR) is 61.2 cm³/mol. The highest BCUT2D eigenvalue weighted by atomic mass is 16.3. The molecule has 88 valence electrons. The van der Waals surface area contributed by atoms with Gasteiger partial charge in [-0.15, -0.1) is 0 Å². The van der Waals surface area contributed by atoms with Gasteiger partial charge < -0.3 is 14.4 Å². The van der Waals surface area contributed by atoms with E-state index in [9.17, 15) is 5.11 Å². The highest BCUT2D eigenvalue weighted by Crippen LogP contribution is 2.45. The first-order chi connectivity index (χ1) is 7.81. The van der Waals surface area contributed by atoms with Crippen molar-refractivity contribution in [2.24, 2.45) is 5.92 Å². The van der Waals surface area contributed by atoms with Crippen LogP contribution in [0.2, 0.25) is 0 Å². The third kappa shape index (κ3) is 1.42. The maximum Gasteiger partial charge on any atom is 0.107 e. The fourth-order valence-electron chi connectivity index (χ4n) is 3.66. The molecule has 2 aliphatic heterocycles. The molecule has 2 fully saturated rings. The molecule has 0 amide bonds. The molecule has 4 atom stereocenters. The second kappa shape index (κ2) is 3.90. The first-order valence-electron chi connectivity index (χ1n) is 6.17. The van der Waals surface area contributed by atoms with Gasteiger partial charge >= 0.3 is 0 Å². The number of furan rings is 1. The van der Waals surface area contributed by atoms with Gasteiger partial charge in [0.1, 0.15) is 5.76 Å². The fourth-order valence-corrected chi connectivity index (χ4v) is 3.66. The van der Waals surface area contributed by atoms with Crippen LogP contribution >= 0.6 is 0 Å². The van der Waals surface area contributed by atoms with Crippen LogP contribution in [0.4, 0.5) is 0 Å². The van der Waals surface area contributed by atoms with Gasteiger partial charge in [-0.2, -0.15) is 0 Å². The normalized spacial score (nSPS) is 39.1. The van der Waals surface area contributed by atoms with Crippen molar-refractivity contribution in [1.82, 2.24) is 4.90 Å². The Balaban J connectivity index is 1.90. The number of rotatable bonds is 2. The minimum absolute atomic E-state index is 0.271. The lowest BCUT2D eigenvalue weighted by atomic mass is 9.79. The van der Waals surface area contributed by atoms with Gasteiger partial charge in [-0.25, -0.2) is 0 Å². The van der Waals surface area contributed by atoms with E-state index < -0.39 is 0 Å². The molecule has 0 saturated carbocycles. The first kappa shape index (κ1) is 10.4. The van der Waals surface area contributed by atoms with E-state index in [4.69, 9.17) is 4.42 Å². The van der Waals surface area contributed by atoms with Gasteiger partial charge in [-0.1, -0.05) is 0 Å². The maximum absolute atomic E-state index is 9.63. The summed E-state index contributed by atoms with van der Waals surface area (Å²) in [5.74, 6) is 1.81. The number of hydrogen-bond acceptors (Lipinski definition) is 3. The topological polar surface area (TPSA) is 36.6 Å². The average molecular weight is 221 g/mol. The summed E-state index contributed by atoms with van der Waals surface area (Å²) in [6.07, 6.45) is 5.37. The number of nitrogens with zero attached hydrogens (tertiary/aromatic N) is 1. The van der Waals surface area contributed by atoms with Crippen LogP contribution in [0.25, 0.3) is 0 Å². The third-order valence-electron chi connectivity index (χ3n) is 4.55. The van der Waals surface area contributed by atoms with Crippen molar-refractivity contribution in [3.8, 4) is 0 Å². The molecule has 0 aromatic carbocycles. The maximum atomic E-state index is 9.63. The van der Waals surface area contributed by atoms with Gasteiger partial charge in [-0.05, 0) is 38.4 Å². The van der Waals surface area contributed by atoms with Crippen LogP contribution in [0.3, 0.4) is 0 Å². The molecule has 0 spiro atoms. The third-order valence-corrected chi connectivity index (χ3v) is 4.55. The van der Waals surface area contributed by atoms with Crippen molar-refractivity contribution >= 4 is 0 Å². The van der Waals surface area contributed by atoms with Crippen molar-refractivity contribution < 1.29 is 9.52 Å². The van der Waals surface area contributed by atoms with Crippen LogP contribution in [0.15, 0.2) is 22.8 Å². The lowest BCUT2D eigenvalue weighted by Crippen LogP contribution is -2.46.